The Balaban J connectivity index is 1.91. The molecular formula is C15H20N4O2. The monoisotopic (exact) mass is 288 g/mol. The van der Waals surface area contributed by atoms with Gasteiger partial charge in [-0.2, -0.15) is 5.26 Å². The number of hydrogen-bond donors (Lipinski definition) is 0. The second kappa shape index (κ2) is 6.08. The summed E-state index contributed by atoms with van der Waals surface area (Å²) in [6.07, 6.45) is 4.45. The molecule has 2 rings (SSSR count). The smallest absolute Gasteiger partial charge is 0.410 e. The Morgan fingerprint density at radius 3 is 2.38 bits per heavy atom. The van der Waals surface area contributed by atoms with Gasteiger partial charge in [-0.3, -0.25) is 0 Å². The van der Waals surface area contributed by atoms with Gasteiger partial charge in [-0.25, -0.2) is 14.8 Å². The molecule has 0 atom stereocenters. The highest BCUT2D eigenvalue weighted by Gasteiger charge is 2.28. The minimum atomic E-state index is -0.468. The van der Waals surface area contributed by atoms with E-state index in [4.69, 9.17) is 10.00 Å². The van der Waals surface area contributed by atoms with E-state index in [0.29, 0.717) is 18.7 Å². The highest BCUT2D eigenvalue weighted by molar-refractivity contribution is 5.68. The Bertz CT molecular complexity index is 534. The van der Waals surface area contributed by atoms with Crippen molar-refractivity contribution in [1.29, 1.82) is 5.26 Å². The second-order valence-electron chi connectivity index (χ2n) is 6.18. The van der Waals surface area contributed by atoms with E-state index in [9.17, 15) is 4.79 Å². The Labute approximate surface area is 124 Å². The van der Waals surface area contributed by atoms with Gasteiger partial charge in [0.1, 0.15) is 17.5 Å². The van der Waals surface area contributed by atoms with Gasteiger partial charge in [-0.05, 0) is 33.6 Å². The molecule has 1 aliphatic rings. The number of nitriles is 1. The van der Waals surface area contributed by atoms with Crippen LogP contribution < -0.4 is 0 Å². The third-order valence-corrected chi connectivity index (χ3v) is 3.31. The molecule has 2 heterocycles. The van der Waals surface area contributed by atoms with E-state index in [2.05, 4.69) is 9.97 Å². The van der Waals surface area contributed by atoms with Crippen LogP contribution in [-0.4, -0.2) is 39.7 Å². The van der Waals surface area contributed by atoms with Crippen molar-refractivity contribution in [3.63, 3.8) is 0 Å². The maximum Gasteiger partial charge on any atom is 0.410 e. The molecule has 0 aromatic carbocycles. The van der Waals surface area contributed by atoms with E-state index in [1.165, 1.54) is 0 Å². The minimum Gasteiger partial charge on any atom is -0.444 e. The van der Waals surface area contributed by atoms with Crippen molar-refractivity contribution in [2.75, 3.05) is 13.1 Å². The molecule has 21 heavy (non-hydrogen) atoms. The van der Waals surface area contributed by atoms with Crippen LogP contribution >= 0.6 is 0 Å². The molecular weight excluding hydrogens is 268 g/mol. The molecule has 1 aromatic rings. The van der Waals surface area contributed by atoms with Crippen LogP contribution in [0.5, 0.6) is 0 Å². The topological polar surface area (TPSA) is 79.1 Å². The van der Waals surface area contributed by atoms with Crippen LogP contribution in [0.4, 0.5) is 4.79 Å². The number of carbonyl (C=O) groups is 1. The Hall–Kier alpha value is -2.16. The van der Waals surface area contributed by atoms with Crippen molar-refractivity contribution in [2.45, 2.75) is 45.1 Å². The Morgan fingerprint density at radius 2 is 1.90 bits per heavy atom. The molecule has 1 fully saturated rings. The van der Waals surface area contributed by atoms with E-state index in [1.807, 2.05) is 26.8 Å². The number of ether oxygens (including phenoxy) is 1. The highest BCUT2D eigenvalue weighted by Crippen LogP contribution is 2.26. The van der Waals surface area contributed by atoms with Crippen molar-refractivity contribution in [2.24, 2.45) is 0 Å². The number of rotatable bonds is 1. The second-order valence-corrected chi connectivity index (χ2v) is 6.18. The summed E-state index contributed by atoms with van der Waals surface area (Å²) < 4.78 is 5.37. The summed E-state index contributed by atoms with van der Waals surface area (Å²) in [5.41, 5.74) is -0.00518. The fourth-order valence-electron chi connectivity index (χ4n) is 2.25. The average molecular weight is 288 g/mol. The van der Waals surface area contributed by atoms with Crippen LogP contribution in [0, 0.1) is 11.3 Å². The molecule has 6 nitrogen and oxygen atoms in total. The number of carbonyl (C=O) groups excluding carboxylic acids is 1. The quantitative estimate of drug-likeness (QED) is 0.793. The van der Waals surface area contributed by atoms with Crippen LogP contribution in [0.3, 0.4) is 0 Å². The van der Waals surface area contributed by atoms with Crippen LogP contribution in [0.2, 0.25) is 0 Å². The Kier molecular flexibility index (Phi) is 4.41. The van der Waals surface area contributed by atoms with Crippen molar-refractivity contribution in [1.82, 2.24) is 14.9 Å². The number of aromatic nitrogens is 2. The lowest BCUT2D eigenvalue weighted by atomic mass is 9.96. The SMILES string of the molecule is CC(C)(C)OC(=O)N1CCC(c2ncc(C#N)cn2)CC1. The molecule has 0 saturated carbocycles. The molecule has 112 valence electrons. The standard InChI is InChI=1S/C15H20N4O2/c1-15(2,3)21-14(20)19-6-4-12(5-7-19)13-17-9-11(8-16)10-18-13/h9-10,12H,4-7H2,1-3H3. The first-order valence-electron chi connectivity index (χ1n) is 7.09. The molecule has 0 aliphatic carbocycles. The van der Waals surface area contributed by atoms with Gasteiger partial charge in [-0.15, -0.1) is 0 Å². The number of likely N-dealkylation sites (tertiary alicyclic amines) is 1. The van der Waals surface area contributed by atoms with Crippen molar-refractivity contribution in [3.8, 4) is 6.07 Å². The summed E-state index contributed by atoms with van der Waals surface area (Å²) in [5, 5.41) is 8.74. The molecule has 0 unspecified atom stereocenters. The lowest BCUT2D eigenvalue weighted by molar-refractivity contribution is 0.0203. The van der Waals surface area contributed by atoms with E-state index < -0.39 is 5.60 Å². The zero-order valence-corrected chi connectivity index (χ0v) is 12.7. The molecule has 0 N–H and O–H groups in total. The van der Waals surface area contributed by atoms with Crippen LogP contribution in [0.1, 0.15) is 50.9 Å². The molecule has 0 radical (unpaired) electrons. The number of amides is 1. The summed E-state index contributed by atoms with van der Waals surface area (Å²) in [7, 11) is 0. The summed E-state index contributed by atoms with van der Waals surface area (Å²) >= 11 is 0. The molecule has 1 saturated heterocycles. The molecule has 6 heteroatoms. The van der Waals surface area contributed by atoms with E-state index in [1.54, 1.807) is 17.3 Å². The van der Waals surface area contributed by atoms with Gasteiger partial charge < -0.3 is 9.64 Å². The minimum absolute atomic E-state index is 0.233. The zero-order chi connectivity index (χ0) is 15.5. The fraction of sp³-hybridized carbons (Fsp3) is 0.600. The maximum absolute atomic E-state index is 12.0. The molecule has 1 aliphatic heterocycles. The summed E-state index contributed by atoms with van der Waals surface area (Å²) in [6.45, 7) is 6.87. The maximum atomic E-state index is 12.0. The van der Waals surface area contributed by atoms with E-state index in [0.717, 1.165) is 18.7 Å². The van der Waals surface area contributed by atoms with Gasteiger partial charge >= 0.3 is 6.09 Å². The van der Waals surface area contributed by atoms with Gasteiger partial charge in [0.05, 0.1) is 5.56 Å². The van der Waals surface area contributed by atoms with E-state index >= 15 is 0 Å². The highest BCUT2D eigenvalue weighted by atomic mass is 16.6. The van der Waals surface area contributed by atoms with Crippen LogP contribution in [-0.2, 0) is 4.74 Å². The largest absolute Gasteiger partial charge is 0.444 e. The van der Waals surface area contributed by atoms with Crippen LogP contribution in [0.15, 0.2) is 12.4 Å². The van der Waals surface area contributed by atoms with Gasteiger partial charge in [-0.1, -0.05) is 0 Å². The first-order chi connectivity index (χ1) is 9.89. The van der Waals surface area contributed by atoms with Gasteiger partial charge in [0.15, 0.2) is 0 Å². The average Bonchev–Trinajstić information content (AvgIpc) is 2.46. The normalized spacial score (nSPS) is 16.4. The number of nitrogens with zero attached hydrogens (tertiary/aromatic N) is 4. The number of hydrogen-bond acceptors (Lipinski definition) is 5. The summed E-state index contributed by atoms with van der Waals surface area (Å²) in [5.74, 6) is 0.981. The summed E-state index contributed by atoms with van der Waals surface area (Å²) in [4.78, 5) is 22.2. The first-order valence-corrected chi connectivity index (χ1v) is 7.09. The lowest BCUT2D eigenvalue weighted by Gasteiger charge is -2.32. The molecule has 1 aromatic heterocycles. The third kappa shape index (κ3) is 4.15. The van der Waals surface area contributed by atoms with Crippen molar-refractivity contribution < 1.29 is 9.53 Å². The number of piperidine rings is 1. The fourth-order valence-corrected chi connectivity index (χ4v) is 2.25. The Morgan fingerprint density at radius 1 is 1.33 bits per heavy atom. The van der Waals surface area contributed by atoms with Crippen molar-refractivity contribution >= 4 is 6.09 Å². The van der Waals surface area contributed by atoms with Gasteiger partial charge in [0.25, 0.3) is 0 Å². The van der Waals surface area contributed by atoms with Gasteiger partial charge in [0.2, 0.25) is 0 Å². The van der Waals surface area contributed by atoms with Gasteiger partial charge in [0, 0.05) is 31.4 Å². The molecule has 0 spiro atoms. The zero-order valence-electron chi connectivity index (χ0n) is 12.7. The molecule has 1 amide bonds. The predicted octanol–water partition coefficient (Wildman–Crippen LogP) is 2.46. The molecule has 0 bridgehead atoms. The summed E-state index contributed by atoms with van der Waals surface area (Å²) in [6, 6.07) is 2.01. The van der Waals surface area contributed by atoms with Crippen LogP contribution in [0.25, 0.3) is 0 Å². The predicted molar refractivity (Wildman–Crippen MR) is 76.5 cm³/mol. The van der Waals surface area contributed by atoms with Crippen molar-refractivity contribution in [3.05, 3.63) is 23.8 Å². The lowest BCUT2D eigenvalue weighted by Crippen LogP contribution is -2.41. The third-order valence-electron chi connectivity index (χ3n) is 3.31. The first kappa shape index (κ1) is 15.2. The van der Waals surface area contributed by atoms with E-state index in [-0.39, 0.29) is 12.0 Å².